The first-order chi connectivity index (χ1) is 9.83. The average molecular weight is 270 g/mol. The van der Waals surface area contributed by atoms with Crippen LogP contribution in [-0.4, -0.2) is 23.2 Å². The molecule has 3 nitrogen and oxygen atoms in total. The number of anilines is 1. The van der Waals surface area contributed by atoms with Gasteiger partial charge in [-0.1, -0.05) is 31.2 Å². The van der Waals surface area contributed by atoms with E-state index in [1.165, 1.54) is 12.8 Å². The number of benzene rings is 1. The quantitative estimate of drug-likeness (QED) is 0.874. The highest BCUT2D eigenvalue weighted by molar-refractivity contribution is 5.94. The Morgan fingerprint density at radius 2 is 2.00 bits per heavy atom. The second-order valence-corrected chi connectivity index (χ2v) is 5.70. The zero-order valence-corrected chi connectivity index (χ0v) is 12.0. The van der Waals surface area contributed by atoms with Crippen molar-refractivity contribution in [2.75, 3.05) is 18.0 Å². The molecule has 0 atom stereocenters. The molecule has 3 rings (SSSR count). The summed E-state index contributed by atoms with van der Waals surface area (Å²) in [5.41, 5.74) is 0.909. The van der Waals surface area contributed by atoms with Gasteiger partial charge in [0.2, 0.25) is 0 Å². The molecule has 0 unspecified atom stereocenters. The molecule has 1 aromatic carbocycles. The van der Waals surface area contributed by atoms with Gasteiger partial charge in [0.25, 0.3) is 0 Å². The van der Waals surface area contributed by atoms with Crippen molar-refractivity contribution in [3.8, 4) is 0 Å². The highest BCUT2D eigenvalue weighted by Gasteiger charge is 2.25. The SMILES string of the molecule is CCCN(CC1CC1)c1ncc(CO)c2ccccc12. The van der Waals surface area contributed by atoms with Crippen molar-refractivity contribution in [1.29, 1.82) is 0 Å². The number of aromatic nitrogens is 1. The van der Waals surface area contributed by atoms with Gasteiger partial charge >= 0.3 is 0 Å². The lowest BCUT2D eigenvalue weighted by molar-refractivity contribution is 0.283. The van der Waals surface area contributed by atoms with E-state index < -0.39 is 0 Å². The molecule has 0 amide bonds. The fourth-order valence-electron chi connectivity index (χ4n) is 2.78. The van der Waals surface area contributed by atoms with Crippen LogP contribution in [-0.2, 0) is 6.61 Å². The van der Waals surface area contributed by atoms with Gasteiger partial charge < -0.3 is 10.0 Å². The van der Waals surface area contributed by atoms with Crippen LogP contribution in [0.2, 0.25) is 0 Å². The summed E-state index contributed by atoms with van der Waals surface area (Å²) in [4.78, 5) is 7.06. The Kier molecular flexibility index (Phi) is 3.88. The predicted octanol–water partition coefficient (Wildman–Crippen LogP) is 3.35. The molecule has 1 aliphatic carbocycles. The largest absolute Gasteiger partial charge is 0.392 e. The molecule has 0 bridgehead atoms. The highest BCUT2D eigenvalue weighted by atomic mass is 16.3. The van der Waals surface area contributed by atoms with Crippen molar-refractivity contribution in [2.24, 2.45) is 5.92 Å². The van der Waals surface area contributed by atoms with Crippen LogP contribution in [0.4, 0.5) is 5.82 Å². The fraction of sp³-hybridized carbons (Fsp3) is 0.471. The summed E-state index contributed by atoms with van der Waals surface area (Å²) in [5, 5.41) is 11.8. The first-order valence-electron chi connectivity index (χ1n) is 7.56. The number of nitrogens with zero attached hydrogens (tertiary/aromatic N) is 2. The Bertz CT molecular complexity index is 593. The van der Waals surface area contributed by atoms with E-state index in [2.05, 4.69) is 35.0 Å². The monoisotopic (exact) mass is 270 g/mol. The molecule has 106 valence electrons. The lowest BCUT2D eigenvalue weighted by Gasteiger charge is -2.25. The third-order valence-corrected chi connectivity index (χ3v) is 4.00. The molecule has 0 radical (unpaired) electrons. The number of hydrogen-bond donors (Lipinski definition) is 1. The number of aliphatic hydroxyl groups excluding tert-OH is 1. The molecule has 1 fully saturated rings. The summed E-state index contributed by atoms with van der Waals surface area (Å²) in [6, 6.07) is 8.27. The maximum Gasteiger partial charge on any atom is 0.136 e. The molecule has 1 saturated carbocycles. The lowest BCUT2D eigenvalue weighted by atomic mass is 10.1. The molecular weight excluding hydrogens is 248 g/mol. The minimum absolute atomic E-state index is 0.0458. The van der Waals surface area contributed by atoms with Crippen LogP contribution in [0, 0.1) is 5.92 Å². The van der Waals surface area contributed by atoms with Crippen molar-refractivity contribution >= 4 is 16.6 Å². The molecule has 20 heavy (non-hydrogen) atoms. The fourth-order valence-corrected chi connectivity index (χ4v) is 2.78. The third-order valence-electron chi connectivity index (χ3n) is 4.00. The van der Waals surface area contributed by atoms with E-state index in [-0.39, 0.29) is 6.61 Å². The van der Waals surface area contributed by atoms with Crippen molar-refractivity contribution in [1.82, 2.24) is 4.98 Å². The third kappa shape index (κ3) is 2.63. The molecule has 0 spiro atoms. The van der Waals surface area contributed by atoms with Gasteiger partial charge in [0.15, 0.2) is 0 Å². The van der Waals surface area contributed by atoms with E-state index in [0.717, 1.165) is 47.6 Å². The lowest BCUT2D eigenvalue weighted by Crippen LogP contribution is -2.27. The van der Waals surface area contributed by atoms with E-state index in [4.69, 9.17) is 0 Å². The van der Waals surface area contributed by atoms with Gasteiger partial charge in [-0.05, 0) is 30.6 Å². The van der Waals surface area contributed by atoms with Crippen LogP contribution in [0.1, 0.15) is 31.7 Å². The molecule has 1 heterocycles. The minimum atomic E-state index is 0.0458. The maximum atomic E-state index is 9.47. The molecule has 2 aromatic rings. The number of hydrogen-bond acceptors (Lipinski definition) is 3. The van der Waals surface area contributed by atoms with E-state index in [0.29, 0.717) is 0 Å². The van der Waals surface area contributed by atoms with Crippen molar-refractivity contribution in [3.63, 3.8) is 0 Å². The summed E-state index contributed by atoms with van der Waals surface area (Å²) in [6.45, 7) is 4.42. The zero-order valence-electron chi connectivity index (χ0n) is 12.0. The molecule has 1 N–H and O–H groups in total. The van der Waals surface area contributed by atoms with Crippen LogP contribution in [0.25, 0.3) is 10.8 Å². The van der Waals surface area contributed by atoms with Crippen molar-refractivity contribution in [2.45, 2.75) is 32.8 Å². The van der Waals surface area contributed by atoms with Gasteiger partial charge in [-0.3, -0.25) is 0 Å². The Balaban J connectivity index is 2.04. The van der Waals surface area contributed by atoms with Gasteiger partial charge in [0, 0.05) is 30.2 Å². The Morgan fingerprint density at radius 3 is 2.65 bits per heavy atom. The average Bonchev–Trinajstić information content (AvgIpc) is 3.30. The van der Waals surface area contributed by atoms with Gasteiger partial charge in [0.05, 0.1) is 6.61 Å². The number of pyridine rings is 1. The summed E-state index contributed by atoms with van der Waals surface area (Å²) in [5.74, 6) is 1.92. The molecule has 1 aromatic heterocycles. The Labute approximate surface area is 120 Å². The predicted molar refractivity (Wildman–Crippen MR) is 82.9 cm³/mol. The molecular formula is C17H22N2O. The van der Waals surface area contributed by atoms with Gasteiger partial charge in [-0.15, -0.1) is 0 Å². The van der Waals surface area contributed by atoms with Crippen LogP contribution < -0.4 is 4.90 Å². The number of fused-ring (bicyclic) bond motifs is 1. The van der Waals surface area contributed by atoms with Crippen LogP contribution >= 0.6 is 0 Å². The second-order valence-electron chi connectivity index (χ2n) is 5.70. The number of aliphatic hydroxyl groups is 1. The van der Waals surface area contributed by atoms with E-state index in [9.17, 15) is 5.11 Å². The molecule has 3 heteroatoms. The summed E-state index contributed by atoms with van der Waals surface area (Å²) < 4.78 is 0. The van der Waals surface area contributed by atoms with Crippen molar-refractivity contribution < 1.29 is 5.11 Å². The van der Waals surface area contributed by atoms with Crippen molar-refractivity contribution in [3.05, 3.63) is 36.0 Å². The topological polar surface area (TPSA) is 36.4 Å². The second kappa shape index (κ2) is 5.80. The maximum absolute atomic E-state index is 9.47. The summed E-state index contributed by atoms with van der Waals surface area (Å²) in [6.07, 6.45) is 5.66. The zero-order chi connectivity index (χ0) is 13.9. The van der Waals surface area contributed by atoms with Gasteiger partial charge in [0.1, 0.15) is 5.82 Å². The van der Waals surface area contributed by atoms with Crippen LogP contribution in [0.5, 0.6) is 0 Å². The molecule has 1 aliphatic rings. The standard InChI is InChI=1S/C17H22N2O/c1-2-9-19(11-13-7-8-13)17-16-6-4-3-5-15(16)14(12-20)10-18-17/h3-6,10,13,20H,2,7-9,11-12H2,1H3. The first-order valence-corrected chi connectivity index (χ1v) is 7.56. The first kappa shape index (κ1) is 13.4. The van der Waals surface area contributed by atoms with E-state index in [1.54, 1.807) is 0 Å². The minimum Gasteiger partial charge on any atom is -0.392 e. The highest BCUT2D eigenvalue weighted by Crippen LogP contribution is 2.33. The Hall–Kier alpha value is -1.61. The normalized spacial score (nSPS) is 14.7. The van der Waals surface area contributed by atoms with Gasteiger partial charge in [-0.2, -0.15) is 0 Å². The van der Waals surface area contributed by atoms with Crippen LogP contribution in [0.15, 0.2) is 30.5 Å². The molecule has 0 aliphatic heterocycles. The van der Waals surface area contributed by atoms with E-state index in [1.807, 2.05) is 12.3 Å². The number of rotatable bonds is 6. The molecule has 0 saturated heterocycles. The Morgan fingerprint density at radius 1 is 1.25 bits per heavy atom. The van der Waals surface area contributed by atoms with E-state index >= 15 is 0 Å². The summed E-state index contributed by atoms with van der Waals surface area (Å²) in [7, 11) is 0. The van der Waals surface area contributed by atoms with Gasteiger partial charge in [-0.25, -0.2) is 4.98 Å². The smallest absolute Gasteiger partial charge is 0.136 e. The van der Waals surface area contributed by atoms with Crippen LogP contribution in [0.3, 0.4) is 0 Å². The summed E-state index contributed by atoms with van der Waals surface area (Å²) >= 11 is 0.